The summed E-state index contributed by atoms with van der Waals surface area (Å²) in [5.74, 6) is 0.150. The van der Waals surface area contributed by atoms with Crippen LogP contribution >= 0.6 is 12.4 Å². The molecule has 0 fully saturated rings. The van der Waals surface area contributed by atoms with E-state index in [2.05, 4.69) is 10.3 Å². The van der Waals surface area contributed by atoms with Gasteiger partial charge in [-0.1, -0.05) is 30.3 Å². The van der Waals surface area contributed by atoms with Crippen molar-refractivity contribution in [2.75, 3.05) is 18.5 Å². The Morgan fingerprint density at radius 3 is 2.50 bits per heavy atom. The molecule has 1 unspecified atom stereocenters. The molecule has 0 bridgehead atoms. The third-order valence-corrected chi connectivity index (χ3v) is 3.60. The summed E-state index contributed by atoms with van der Waals surface area (Å²) in [7, 11) is 0. The summed E-state index contributed by atoms with van der Waals surface area (Å²) >= 11 is 0. The van der Waals surface area contributed by atoms with Crippen LogP contribution in [0.2, 0.25) is 0 Å². The van der Waals surface area contributed by atoms with Crippen molar-refractivity contribution >= 4 is 29.0 Å². The van der Waals surface area contributed by atoms with E-state index in [0.29, 0.717) is 0 Å². The second-order valence-corrected chi connectivity index (χ2v) is 5.34. The summed E-state index contributed by atoms with van der Waals surface area (Å²) in [4.78, 5) is 4.63. The van der Waals surface area contributed by atoms with Gasteiger partial charge >= 0.3 is 0 Å². The molecule has 6 heteroatoms. The number of aliphatic hydroxyl groups excluding tert-OH is 2. The fourth-order valence-corrected chi connectivity index (χ4v) is 2.41. The van der Waals surface area contributed by atoms with Crippen LogP contribution in [0.25, 0.3) is 22.2 Å². The molecule has 0 amide bonds. The van der Waals surface area contributed by atoms with E-state index in [1.54, 1.807) is 18.2 Å². The van der Waals surface area contributed by atoms with Crippen molar-refractivity contribution in [1.29, 1.82) is 0 Å². The predicted molar refractivity (Wildman–Crippen MR) is 97.7 cm³/mol. The van der Waals surface area contributed by atoms with Gasteiger partial charge < -0.3 is 20.6 Å². The number of hydrogen-bond acceptors (Lipinski definition) is 5. The van der Waals surface area contributed by atoms with Crippen LogP contribution in [-0.2, 0) is 0 Å². The van der Waals surface area contributed by atoms with Gasteiger partial charge in [0.2, 0.25) is 0 Å². The van der Waals surface area contributed by atoms with E-state index < -0.39 is 6.10 Å². The molecule has 0 saturated carbocycles. The van der Waals surface area contributed by atoms with Gasteiger partial charge in [0, 0.05) is 23.2 Å². The quantitative estimate of drug-likeness (QED) is 0.571. The van der Waals surface area contributed by atoms with Gasteiger partial charge in [-0.15, -0.1) is 12.4 Å². The van der Waals surface area contributed by atoms with Gasteiger partial charge in [-0.3, -0.25) is 0 Å². The van der Waals surface area contributed by atoms with E-state index in [9.17, 15) is 10.2 Å². The topological polar surface area (TPSA) is 85.6 Å². The molecule has 0 aliphatic rings. The molecule has 126 valence electrons. The molecule has 3 aromatic rings. The molecule has 2 aromatic carbocycles. The molecule has 1 atom stereocenters. The molecular formula is C18H19ClN2O3. The Kier molecular flexibility index (Phi) is 5.98. The van der Waals surface area contributed by atoms with E-state index in [1.165, 1.54) is 0 Å². The number of aromatic hydroxyl groups is 1. The van der Waals surface area contributed by atoms with Gasteiger partial charge in [0.25, 0.3) is 0 Å². The molecule has 24 heavy (non-hydrogen) atoms. The van der Waals surface area contributed by atoms with E-state index in [-0.39, 0.29) is 31.3 Å². The first-order chi connectivity index (χ1) is 11.2. The minimum atomic E-state index is -0.851. The van der Waals surface area contributed by atoms with Crippen LogP contribution in [-0.4, -0.2) is 39.6 Å². The number of aliphatic hydroxyl groups is 2. The molecule has 1 aromatic heterocycles. The average Bonchev–Trinajstić information content (AvgIpc) is 2.60. The number of hydrogen-bond donors (Lipinski definition) is 4. The number of anilines is 1. The lowest BCUT2D eigenvalue weighted by molar-refractivity contribution is 0.105. The largest absolute Gasteiger partial charge is 0.508 e. The third-order valence-electron chi connectivity index (χ3n) is 3.60. The number of nitrogens with one attached hydrogen (secondary N) is 1. The van der Waals surface area contributed by atoms with Crippen molar-refractivity contribution in [2.24, 2.45) is 0 Å². The number of halogens is 1. The van der Waals surface area contributed by atoms with Gasteiger partial charge in [0.1, 0.15) is 5.75 Å². The van der Waals surface area contributed by atoms with E-state index in [1.807, 2.05) is 36.4 Å². The van der Waals surface area contributed by atoms with Crippen LogP contribution in [0.15, 0.2) is 54.6 Å². The maximum absolute atomic E-state index is 9.72. The lowest BCUT2D eigenvalue weighted by Gasteiger charge is -2.14. The highest BCUT2D eigenvalue weighted by molar-refractivity contribution is 5.94. The van der Waals surface area contributed by atoms with E-state index >= 15 is 0 Å². The molecule has 0 aliphatic carbocycles. The molecule has 1 heterocycles. The Morgan fingerprint density at radius 2 is 1.79 bits per heavy atom. The standard InChI is InChI=1S/C18H18N2O3.ClH/c21-11-14(23)10-19-18-9-17(12-4-2-1-3-5-12)20-16-7-6-13(22)8-15(16)18;/h1-9,14,21-23H,10-11H2,(H,19,20);1H. The summed E-state index contributed by atoms with van der Waals surface area (Å²) in [5.41, 5.74) is 3.26. The summed E-state index contributed by atoms with van der Waals surface area (Å²) in [5, 5.41) is 32.1. The Morgan fingerprint density at radius 1 is 1.04 bits per heavy atom. The minimum Gasteiger partial charge on any atom is -0.508 e. The van der Waals surface area contributed by atoms with Crippen molar-refractivity contribution in [2.45, 2.75) is 6.10 Å². The maximum Gasteiger partial charge on any atom is 0.116 e. The lowest BCUT2D eigenvalue weighted by atomic mass is 10.1. The van der Waals surface area contributed by atoms with Crippen LogP contribution in [0.4, 0.5) is 5.69 Å². The number of benzene rings is 2. The fraction of sp³-hybridized carbons (Fsp3) is 0.167. The zero-order chi connectivity index (χ0) is 16.2. The molecular weight excluding hydrogens is 328 g/mol. The molecule has 0 aliphatic heterocycles. The van der Waals surface area contributed by atoms with Crippen molar-refractivity contribution in [3.05, 3.63) is 54.6 Å². The number of rotatable bonds is 5. The second kappa shape index (κ2) is 7.97. The first kappa shape index (κ1) is 18.0. The van der Waals surface area contributed by atoms with Crippen LogP contribution in [0.1, 0.15) is 0 Å². The van der Waals surface area contributed by atoms with E-state index in [0.717, 1.165) is 27.8 Å². The average molecular weight is 347 g/mol. The zero-order valence-corrected chi connectivity index (χ0v) is 13.7. The molecule has 0 spiro atoms. The molecule has 4 N–H and O–H groups in total. The summed E-state index contributed by atoms with van der Waals surface area (Å²) in [6, 6.07) is 16.6. The number of phenols is 1. The van der Waals surface area contributed by atoms with Gasteiger partial charge in [-0.25, -0.2) is 4.98 Å². The van der Waals surface area contributed by atoms with Crippen molar-refractivity contribution in [3.63, 3.8) is 0 Å². The van der Waals surface area contributed by atoms with Gasteiger partial charge in [-0.2, -0.15) is 0 Å². The predicted octanol–water partition coefficient (Wildman–Crippen LogP) is 2.79. The van der Waals surface area contributed by atoms with Crippen LogP contribution in [0.3, 0.4) is 0 Å². The SMILES string of the molecule is Cl.OCC(O)CNc1cc(-c2ccccc2)nc2ccc(O)cc12. The number of nitrogens with zero attached hydrogens (tertiary/aromatic N) is 1. The van der Waals surface area contributed by atoms with Gasteiger partial charge in [0.05, 0.1) is 23.9 Å². The van der Waals surface area contributed by atoms with Crippen LogP contribution in [0.5, 0.6) is 5.75 Å². The molecule has 3 rings (SSSR count). The van der Waals surface area contributed by atoms with Gasteiger partial charge in [-0.05, 0) is 24.3 Å². The van der Waals surface area contributed by atoms with Crippen molar-refractivity contribution < 1.29 is 15.3 Å². The minimum absolute atomic E-state index is 0. The summed E-state index contributed by atoms with van der Waals surface area (Å²) in [6.45, 7) is -0.105. The zero-order valence-electron chi connectivity index (χ0n) is 12.9. The summed E-state index contributed by atoms with van der Waals surface area (Å²) < 4.78 is 0. The monoisotopic (exact) mass is 346 g/mol. The summed E-state index contributed by atoms with van der Waals surface area (Å²) in [6.07, 6.45) is -0.851. The Labute approximate surface area is 146 Å². The van der Waals surface area contributed by atoms with Crippen molar-refractivity contribution in [1.82, 2.24) is 4.98 Å². The number of pyridine rings is 1. The first-order valence-electron chi connectivity index (χ1n) is 7.39. The molecule has 0 radical (unpaired) electrons. The van der Waals surface area contributed by atoms with Crippen LogP contribution in [0, 0.1) is 0 Å². The van der Waals surface area contributed by atoms with Crippen molar-refractivity contribution in [3.8, 4) is 17.0 Å². The second-order valence-electron chi connectivity index (χ2n) is 5.34. The lowest BCUT2D eigenvalue weighted by Crippen LogP contribution is -2.23. The third kappa shape index (κ3) is 3.94. The Balaban J connectivity index is 0.00000208. The number of phenolic OH excluding ortho intramolecular Hbond substituents is 1. The molecule has 5 nitrogen and oxygen atoms in total. The fourth-order valence-electron chi connectivity index (χ4n) is 2.41. The normalized spacial score (nSPS) is 11.8. The Hall–Kier alpha value is -2.34. The smallest absolute Gasteiger partial charge is 0.116 e. The maximum atomic E-state index is 9.72. The number of fused-ring (bicyclic) bond motifs is 1. The number of aromatic nitrogens is 1. The first-order valence-corrected chi connectivity index (χ1v) is 7.39. The molecule has 0 saturated heterocycles. The highest BCUT2D eigenvalue weighted by atomic mass is 35.5. The highest BCUT2D eigenvalue weighted by Gasteiger charge is 2.10. The van der Waals surface area contributed by atoms with Crippen LogP contribution < -0.4 is 5.32 Å². The Bertz CT molecular complexity index is 812. The van der Waals surface area contributed by atoms with E-state index in [4.69, 9.17) is 5.11 Å². The van der Waals surface area contributed by atoms with Gasteiger partial charge in [0.15, 0.2) is 0 Å². The highest BCUT2D eigenvalue weighted by Crippen LogP contribution is 2.30.